The van der Waals surface area contributed by atoms with E-state index in [-0.39, 0.29) is 6.61 Å². The average molecular weight is 266 g/mol. The third-order valence-corrected chi connectivity index (χ3v) is 2.28. The fourth-order valence-corrected chi connectivity index (χ4v) is 1.48. The van der Waals surface area contributed by atoms with E-state index in [1.54, 1.807) is 25.1 Å². The summed E-state index contributed by atoms with van der Waals surface area (Å²) in [6, 6.07) is 4.31. The van der Waals surface area contributed by atoms with E-state index < -0.39 is 12.0 Å². The van der Waals surface area contributed by atoms with Crippen LogP contribution in [0.1, 0.15) is 17.3 Å². The predicted molar refractivity (Wildman–Crippen MR) is 72.9 cm³/mol. The van der Waals surface area contributed by atoms with E-state index in [1.165, 1.54) is 0 Å². The van der Waals surface area contributed by atoms with Gasteiger partial charge in [-0.2, -0.15) is 0 Å². The van der Waals surface area contributed by atoms with Gasteiger partial charge in [0.15, 0.2) is 0 Å². The Labute approximate surface area is 111 Å². The van der Waals surface area contributed by atoms with Crippen molar-refractivity contribution in [3.8, 4) is 0 Å². The number of hydrogen-bond acceptors (Lipinski definition) is 5. The standard InChI is InChI=1S/C12H18N4O3/c1-2-19-11(17)9-7-8(13)3-4-10(9)15-5-6-16-12(14)18/h3-4,7,15H,2,5-6,13H2,1H3,(H3,14,16,18). The van der Waals surface area contributed by atoms with Gasteiger partial charge >= 0.3 is 12.0 Å². The normalized spacial score (nSPS) is 9.74. The molecule has 0 heterocycles. The van der Waals surface area contributed by atoms with Crippen LogP contribution in [0.2, 0.25) is 0 Å². The maximum absolute atomic E-state index is 11.8. The van der Waals surface area contributed by atoms with Crippen LogP contribution in [0.25, 0.3) is 0 Å². The van der Waals surface area contributed by atoms with Crippen LogP contribution in [0.15, 0.2) is 18.2 Å². The molecule has 7 heteroatoms. The second kappa shape index (κ2) is 7.10. The van der Waals surface area contributed by atoms with Crippen molar-refractivity contribution in [3.63, 3.8) is 0 Å². The molecule has 1 aromatic rings. The lowest BCUT2D eigenvalue weighted by Gasteiger charge is -2.12. The van der Waals surface area contributed by atoms with Crippen molar-refractivity contribution >= 4 is 23.4 Å². The summed E-state index contributed by atoms with van der Waals surface area (Å²) in [6.07, 6.45) is 0. The summed E-state index contributed by atoms with van der Waals surface area (Å²) in [7, 11) is 0. The van der Waals surface area contributed by atoms with Crippen molar-refractivity contribution < 1.29 is 14.3 Å². The summed E-state index contributed by atoms with van der Waals surface area (Å²) in [4.78, 5) is 22.3. The molecule has 7 nitrogen and oxygen atoms in total. The molecule has 1 aromatic carbocycles. The van der Waals surface area contributed by atoms with Gasteiger partial charge in [-0.25, -0.2) is 9.59 Å². The molecule has 0 aliphatic heterocycles. The zero-order valence-corrected chi connectivity index (χ0v) is 10.7. The first kappa shape index (κ1) is 14.6. The van der Waals surface area contributed by atoms with E-state index in [1.807, 2.05) is 0 Å². The zero-order chi connectivity index (χ0) is 14.3. The number of rotatable bonds is 6. The predicted octanol–water partition coefficient (Wildman–Crippen LogP) is 0.526. The third-order valence-electron chi connectivity index (χ3n) is 2.28. The van der Waals surface area contributed by atoms with Gasteiger partial charge in [-0.05, 0) is 25.1 Å². The van der Waals surface area contributed by atoms with Crippen molar-refractivity contribution in [2.45, 2.75) is 6.92 Å². The first-order valence-electron chi connectivity index (χ1n) is 5.88. The van der Waals surface area contributed by atoms with E-state index >= 15 is 0 Å². The van der Waals surface area contributed by atoms with Gasteiger partial charge in [0.05, 0.1) is 12.2 Å². The van der Waals surface area contributed by atoms with Crippen LogP contribution in [0, 0.1) is 0 Å². The molecule has 0 saturated heterocycles. The van der Waals surface area contributed by atoms with Crippen LogP contribution in [0.4, 0.5) is 16.2 Å². The van der Waals surface area contributed by atoms with E-state index in [0.717, 1.165) is 0 Å². The SMILES string of the molecule is CCOC(=O)c1cc(N)ccc1NCCNC(N)=O. The molecule has 104 valence electrons. The molecular formula is C12H18N4O3. The average Bonchev–Trinajstić information content (AvgIpc) is 2.36. The number of carbonyl (C=O) groups excluding carboxylic acids is 2. The highest BCUT2D eigenvalue weighted by molar-refractivity contribution is 5.96. The molecule has 1 rings (SSSR count). The Morgan fingerprint density at radius 3 is 2.68 bits per heavy atom. The van der Waals surface area contributed by atoms with Crippen LogP contribution in [-0.2, 0) is 4.74 Å². The quantitative estimate of drug-likeness (QED) is 0.340. The molecule has 0 atom stereocenters. The number of anilines is 2. The number of amides is 2. The Morgan fingerprint density at radius 1 is 1.32 bits per heavy atom. The van der Waals surface area contributed by atoms with Gasteiger partial charge in [0, 0.05) is 24.5 Å². The molecule has 0 aromatic heterocycles. The van der Waals surface area contributed by atoms with Gasteiger partial charge in [-0.3, -0.25) is 0 Å². The number of urea groups is 1. The first-order chi connectivity index (χ1) is 9.04. The van der Waals surface area contributed by atoms with Crippen molar-refractivity contribution in [2.24, 2.45) is 5.73 Å². The molecule has 0 spiro atoms. The first-order valence-corrected chi connectivity index (χ1v) is 5.88. The van der Waals surface area contributed by atoms with E-state index in [0.29, 0.717) is 30.0 Å². The summed E-state index contributed by atoms with van der Waals surface area (Å²) in [5.41, 5.74) is 12.0. The van der Waals surface area contributed by atoms with Gasteiger partial charge in [-0.1, -0.05) is 0 Å². The number of nitrogen functional groups attached to an aromatic ring is 1. The van der Waals surface area contributed by atoms with E-state index in [2.05, 4.69) is 10.6 Å². The number of ether oxygens (including phenoxy) is 1. The number of benzene rings is 1. The summed E-state index contributed by atoms with van der Waals surface area (Å²) in [6.45, 7) is 2.80. The van der Waals surface area contributed by atoms with Crippen molar-refractivity contribution in [3.05, 3.63) is 23.8 Å². The van der Waals surface area contributed by atoms with Crippen molar-refractivity contribution in [2.75, 3.05) is 30.7 Å². The van der Waals surface area contributed by atoms with Gasteiger partial charge in [0.25, 0.3) is 0 Å². The smallest absolute Gasteiger partial charge is 0.340 e. The third kappa shape index (κ3) is 4.74. The maximum atomic E-state index is 11.8. The van der Waals surface area contributed by atoms with Crippen LogP contribution in [0.3, 0.4) is 0 Å². The van der Waals surface area contributed by atoms with Crippen LogP contribution in [0.5, 0.6) is 0 Å². The topological polar surface area (TPSA) is 119 Å². The Kier molecular flexibility index (Phi) is 5.46. The molecule has 2 amide bonds. The maximum Gasteiger partial charge on any atom is 0.340 e. The molecule has 0 unspecified atom stereocenters. The van der Waals surface area contributed by atoms with E-state index in [4.69, 9.17) is 16.2 Å². The Morgan fingerprint density at radius 2 is 2.05 bits per heavy atom. The molecule has 0 saturated carbocycles. The summed E-state index contributed by atoms with van der Waals surface area (Å²) in [5, 5.41) is 5.44. The lowest BCUT2D eigenvalue weighted by atomic mass is 10.1. The summed E-state index contributed by atoms with van der Waals surface area (Å²) >= 11 is 0. The minimum atomic E-state index is -0.593. The molecule has 0 fully saturated rings. The molecule has 0 radical (unpaired) electrons. The molecule has 0 bridgehead atoms. The van der Waals surface area contributed by atoms with Gasteiger partial charge in [0.2, 0.25) is 0 Å². The highest BCUT2D eigenvalue weighted by Gasteiger charge is 2.12. The molecule has 0 aliphatic carbocycles. The number of nitrogens with one attached hydrogen (secondary N) is 2. The van der Waals surface area contributed by atoms with Crippen LogP contribution in [-0.4, -0.2) is 31.7 Å². The second-order valence-corrected chi connectivity index (χ2v) is 3.74. The Bertz CT molecular complexity index is 462. The highest BCUT2D eigenvalue weighted by Crippen LogP contribution is 2.19. The Hall–Kier alpha value is -2.44. The molecule has 19 heavy (non-hydrogen) atoms. The summed E-state index contributed by atoms with van der Waals surface area (Å²) in [5.74, 6) is -0.444. The number of esters is 1. The fraction of sp³-hybridized carbons (Fsp3) is 0.333. The van der Waals surface area contributed by atoms with Gasteiger partial charge in [0.1, 0.15) is 0 Å². The minimum absolute atomic E-state index is 0.288. The van der Waals surface area contributed by atoms with Crippen molar-refractivity contribution in [1.82, 2.24) is 5.32 Å². The molecular weight excluding hydrogens is 248 g/mol. The highest BCUT2D eigenvalue weighted by atomic mass is 16.5. The van der Waals surface area contributed by atoms with E-state index in [9.17, 15) is 9.59 Å². The molecule has 6 N–H and O–H groups in total. The number of nitrogens with two attached hydrogens (primary N) is 2. The lowest BCUT2D eigenvalue weighted by molar-refractivity contribution is 0.0527. The number of hydrogen-bond donors (Lipinski definition) is 4. The zero-order valence-electron chi connectivity index (χ0n) is 10.7. The van der Waals surface area contributed by atoms with Gasteiger partial charge < -0.3 is 26.8 Å². The Balaban J connectivity index is 2.70. The van der Waals surface area contributed by atoms with Crippen LogP contribution < -0.4 is 22.1 Å². The minimum Gasteiger partial charge on any atom is -0.462 e. The largest absolute Gasteiger partial charge is 0.462 e. The number of carbonyl (C=O) groups is 2. The monoisotopic (exact) mass is 266 g/mol. The number of primary amides is 1. The fourth-order valence-electron chi connectivity index (χ4n) is 1.48. The summed E-state index contributed by atoms with van der Waals surface area (Å²) < 4.78 is 4.94. The lowest BCUT2D eigenvalue weighted by Crippen LogP contribution is -2.33. The second-order valence-electron chi connectivity index (χ2n) is 3.74. The van der Waals surface area contributed by atoms with Crippen LogP contribution >= 0.6 is 0 Å². The van der Waals surface area contributed by atoms with Crippen molar-refractivity contribution in [1.29, 1.82) is 0 Å². The molecule has 0 aliphatic rings. The van der Waals surface area contributed by atoms with Gasteiger partial charge in [-0.15, -0.1) is 0 Å².